The number of nitrogens with zero attached hydrogens (tertiary/aromatic N) is 1. The van der Waals surface area contributed by atoms with Crippen molar-refractivity contribution < 1.29 is 29.0 Å². The van der Waals surface area contributed by atoms with Crippen LogP contribution in [-0.2, 0) is 16.1 Å². The van der Waals surface area contributed by atoms with Crippen molar-refractivity contribution in [1.29, 1.82) is 5.26 Å². The van der Waals surface area contributed by atoms with E-state index in [0.29, 0.717) is 22.6 Å². The van der Waals surface area contributed by atoms with E-state index in [4.69, 9.17) is 9.84 Å². The lowest BCUT2D eigenvalue weighted by Crippen LogP contribution is -2.13. The lowest BCUT2D eigenvalue weighted by Gasteiger charge is -2.11. The first-order chi connectivity index (χ1) is 16.8. The molecule has 0 atom stereocenters. The quantitative estimate of drug-likeness (QED) is 0.235. The van der Waals surface area contributed by atoms with E-state index in [2.05, 4.69) is 26.0 Å². The van der Waals surface area contributed by atoms with E-state index >= 15 is 0 Å². The van der Waals surface area contributed by atoms with Gasteiger partial charge in [0.2, 0.25) is 0 Å². The molecule has 0 radical (unpaired) electrons. The maximum Gasteiger partial charge on any atom is 0.337 e. The molecule has 0 bridgehead atoms. The fraction of sp³-hybridized carbons (Fsp3) is 0.0769. The second kappa shape index (κ2) is 11.6. The second-order valence-corrected chi connectivity index (χ2v) is 8.08. The van der Waals surface area contributed by atoms with Crippen molar-refractivity contribution in [3.05, 3.63) is 99.0 Å². The number of aromatic carboxylic acids is 1. The third-order valence-corrected chi connectivity index (χ3v) is 5.29. The normalized spacial score (nSPS) is 10.7. The summed E-state index contributed by atoms with van der Waals surface area (Å²) < 4.78 is 11.2. The number of carboxylic acid groups (broad SMARTS) is 1. The third-order valence-electron chi connectivity index (χ3n) is 4.80. The van der Waals surface area contributed by atoms with Gasteiger partial charge >= 0.3 is 11.9 Å². The molecule has 0 fully saturated rings. The van der Waals surface area contributed by atoms with E-state index in [-0.39, 0.29) is 17.7 Å². The summed E-state index contributed by atoms with van der Waals surface area (Å²) in [6.45, 7) is 0.156. The van der Waals surface area contributed by atoms with Gasteiger partial charge in [0.05, 0.1) is 18.2 Å². The molecular weight excluding hydrogens is 516 g/mol. The Morgan fingerprint density at radius 2 is 1.69 bits per heavy atom. The van der Waals surface area contributed by atoms with Gasteiger partial charge in [-0.15, -0.1) is 0 Å². The van der Waals surface area contributed by atoms with Crippen molar-refractivity contribution in [2.45, 2.75) is 6.61 Å². The number of rotatable bonds is 8. The molecule has 176 valence electrons. The molecule has 0 heterocycles. The van der Waals surface area contributed by atoms with Crippen LogP contribution >= 0.6 is 15.9 Å². The fourth-order valence-corrected chi connectivity index (χ4v) is 3.36. The van der Waals surface area contributed by atoms with Gasteiger partial charge in [-0.3, -0.25) is 4.79 Å². The molecule has 1 amide bonds. The predicted molar refractivity (Wildman–Crippen MR) is 132 cm³/mol. The smallest absolute Gasteiger partial charge is 0.337 e. The Bertz CT molecular complexity index is 1330. The maximum absolute atomic E-state index is 12.7. The van der Waals surface area contributed by atoms with E-state index in [1.807, 2.05) is 6.07 Å². The molecule has 35 heavy (non-hydrogen) atoms. The summed E-state index contributed by atoms with van der Waals surface area (Å²) in [4.78, 5) is 35.2. The first-order valence-electron chi connectivity index (χ1n) is 10.2. The van der Waals surface area contributed by atoms with Crippen LogP contribution in [0.25, 0.3) is 6.08 Å². The van der Waals surface area contributed by atoms with E-state index in [1.54, 1.807) is 30.3 Å². The molecule has 3 aromatic carbocycles. The molecule has 0 aliphatic rings. The molecule has 9 heteroatoms. The van der Waals surface area contributed by atoms with E-state index < -0.39 is 17.8 Å². The zero-order valence-corrected chi connectivity index (χ0v) is 20.0. The van der Waals surface area contributed by atoms with Crippen LogP contribution in [0, 0.1) is 11.3 Å². The van der Waals surface area contributed by atoms with Crippen molar-refractivity contribution in [2.24, 2.45) is 0 Å². The molecule has 3 aromatic rings. The number of benzene rings is 3. The number of nitriles is 1. The highest BCUT2D eigenvalue weighted by molar-refractivity contribution is 9.10. The Kier molecular flexibility index (Phi) is 8.38. The van der Waals surface area contributed by atoms with Gasteiger partial charge in [-0.25, -0.2) is 9.59 Å². The van der Waals surface area contributed by atoms with E-state index in [9.17, 15) is 19.6 Å². The van der Waals surface area contributed by atoms with Crippen molar-refractivity contribution in [1.82, 2.24) is 0 Å². The van der Waals surface area contributed by atoms with Gasteiger partial charge in [0, 0.05) is 15.7 Å². The lowest BCUT2D eigenvalue weighted by atomic mass is 10.1. The summed E-state index contributed by atoms with van der Waals surface area (Å²) in [7, 11) is 1.27. The van der Waals surface area contributed by atoms with Crippen molar-refractivity contribution >= 4 is 45.5 Å². The van der Waals surface area contributed by atoms with Crippen LogP contribution in [-0.4, -0.2) is 30.1 Å². The zero-order chi connectivity index (χ0) is 25.4. The van der Waals surface area contributed by atoms with Crippen molar-refractivity contribution in [3.63, 3.8) is 0 Å². The Labute approximate surface area is 209 Å². The molecule has 3 rings (SSSR count). The first-order valence-corrected chi connectivity index (χ1v) is 11.0. The summed E-state index contributed by atoms with van der Waals surface area (Å²) in [6.07, 6.45) is 1.41. The summed E-state index contributed by atoms with van der Waals surface area (Å²) in [5.41, 5.74) is 1.99. The molecule has 0 unspecified atom stereocenters. The number of carbonyl (C=O) groups is 3. The topological polar surface area (TPSA) is 126 Å². The average Bonchev–Trinajstić information content (AvgIpc) is 2.86. The minimum atomic E-state index is -1.01. The maximum atomic E-state index is 12.7. The number of hydrogen-bond acceptors (Lipinski definition) is 6. The van der Waals surface area contributed by atoms with Gasteiger partial charge < -0.3 is 19.9 Å². The molecule has 2 N–H and O–H groups in total. The fourth-order valence-electron chi connectivity index (χ4n) is 2.98. The van der Waals surface area contributed by atoms with Gasteiger partial charge in [-0.05, 0) is 66.2 Å². The molecule has 0 aliphatic carbocycles. The Balaban J connectivity index is 1.77. The highest BCUT2D eigenvalue weighted by atomic mass is 79.9. The number of carboxylic acids is 1. The van der Waals surface area contributed by atoms with Crippen molar-refractivity contribution in [3.8, 4) is 11.8 Å². The minimum absolute atomic E-state index is 0.156. The standard InChI is InChI=1S/C26H19BrN2O6/c1-34-26(33)18-6-9-22(10-7-18)29-24(30)20(14-28)12-19-13-21(27)8-11-23(19)35-15-16-2-4-17(5-3-16)25(31)32/h2-13H,15H2,1H3,(H,29,30)(H,31,32)/b20-12+. The lowest BCUT2D eigenvalue weighted by molar-refractivity contribution is -0.112. The molecule has 0 spiro atoms. The Hall–Kier alpha value is -4.42. The number of methoxy groups -OCH3 is 1. The number of hydrogen-bond donors (Lipinski definition) is 2. The highest BCUT2D eigenvalue weighted by Crippen LogP contribution is 2.27. The summed E-state index contributed by atoms with van der Waals surface area (Å²) in [5, 5.41) is 21.2. The van der Waals surface area contributed by atoms with Crippen LogP contribution < -0.4 is 10.1 Å². The largest absolute Gasteiger partial charge is 0.488 e. The molecule has 0 saturated carbocycles. The van der Waals surface area contributed by atoms with E-state index in [1.165, 1.54) is 49.6 Å². The number of esters is 1. The van der Waals surface area contributed by atoms with E-state index in [0.717, 1.165) is 10.0 Å². The number of carbonyl (C=O) groups excluding carboxylic acids is 2. The number of ether oxygens (including phenoxy) is 2. The van der Waals surface area contributed by atoms with Gasteiger partial charge in [0.15, 0.2) is 0 Å². The van der Waals surface area contributed by atoms with Crippen LogP contribution in [0.4, 0.5) is 5.69 Å². The molecule has 0 saturated heterocycles. The average molecular weight is 535 g/mol. The second-order valence-electron chi connectivity index (χ2n) is 7.17. The Morgan fingerprint density at radius 3 is 2.29 bits per heavy atom. The summed E-state index contributed by atoms with van der Waals surface area (Å²) in [5.74, 6) is -1.72. The number of anilines is 1. The monoisotopic (exact) mass is 534 g/mol. The van der Waals surface area contributed by atoms with Gasteiger partial charge in [-0.2, -0.15) is 5.26 Å². The van der Waals surface area contributed by atoms with Crippen molar-refractivity contribution in [2.75, 3.05) is 12.4 Å². The third kappa shape index (κ3) is 6.79. The SMILES string of the molecule is COC(=O)c1ccc(NC(=O)/C(C#N)=C/c2cc(Br)ccc2OCc2ccc(C(=O)O)cc2)cc1. The summed E-state index contributed by atoms with van der Waals surface area (Å²) in [6, 6.07) is 19.4. The number of amides is 1. The van der Waals surface area contributed by atoms with Crippen LogP contribution in [0.5, 0.6) is 5.75 Å². The molecule has 0 aliphatic heterocycles. The molecule has 0 aromatic heterocycles. The van der Waals surface area contributed by atoms with Crippen LogP contribution in [0.15, 0.2) is 76.8 Å². The van der Waals surface area contributed by atoms with Crippen LogP contribution in [0.2, 0.25) is 0 Å². The zero-order valence-electron chi connectivity index (χ0n) is 18.4. The number of nitrogens with one attached hydrogen (secondary N) is 1. The highest BCUT2D eigenvalue weighted by Gasteiger charge is 2.13. The summed E-state index contributed by atoms with van der Waals surface area (Å²) >= 11 is 3.38. The van der Waals surface area contributed by atoms with Crippen LogP contribution in [0.1, 0.15) is 31.8 Å². The predicted octanol–water partition coefficient (Wildman–Crippen LogP) is 5.06. The van der Waals surface area contributed by atoms with Gasteiger partial charge in [-0.1, -0.05) is 28.1 Å². The molecular formula is C26H19BrN2O6. The van der Waals surface area contributed by atoms with Gasteiger partial charge in [0.1, 0.15) is 24.0 Å². The van der Waals surface area contributed by atoms with Gasteiger partial charge in [0.25, 0.3) is 5.91 Å². The van der Waals surface area contributed by atoms with Crippen LogP contribution in [0.3, 0.4) is 0 Å². The Morgan fingerprint density at radius 1 is 1.03 bits per heavy atom. The molecule has 8 nitrogen and oxygen atoms in total. The minimum Gasteiger partial charge on any atom is -0.488 e. The first kappa shape index (κ1) is 25.2. The number of halogens is 1.